The Hall–Kier alpha value is -3.14. The molecule has 27 heavy (non-hydrogen) atoms. The van der Waals surface area contributed by atoms with Crippen LogP contribution in [0.3, 0.4) is 0 Å². The molecular formula is C17H19N3O6S. The van der Waals surface area contributed by atoms with E-state index < -0.39 is 24.5 Å². The molecule has 0 radical (unpaired) electrons. The number of carbonyl (C=O) groups excluding carboxylic acids is 4. The Kier molecular flexibility index (Phi) is 6.72. The number of hydrogen-bond acceptors (Lipinski definition) is 7. The van der Waals surface area contributed by atoms with Gasteiger partial charge in [-0.1, -0.05) is 0 Å². The quantitative estimate of drug-likeness (QED) is 0.615. The molecule has 2 aromatic rings. The van der Waals surface area contributed by atoms with Gasteiger partial charge in [0.05, 0.1) is 17.0 Å². The van der Waals surface area contributed by atoms with Gasteiger partial charge < -0.3 is 25.1 Å². The van der Waals surface area contributed by atoms with Crippen molar-refractivity contribution in [2.45, 2.75) is 13.8 Å². The van der Waals surface area contributed by atoms with Crippen molar-refractivity contribution in [3.63, 3.8) is 0 Å². The molecular weight excluding hydrogens is 374 g/mol. The first-order chi connectivity index (χ1) is 12.9. The van der Waals surface area contributed by atoms with E-state index >= 15 is 0 Å². The number of rotatable bonds is 7. The average Bonchev–Trinajstić information content (AvgIpc) is 3.27. The van der Waals surface area contributed by atoms with Crippen LogP contribution in [0.1, 0.15) is 43.0 Å². The smallest absolute Gasteiger partial charge is 0.355 e. The van der Waals surface area contributed by atoms with Crippen LogP contribution >= 0.6 is 11.3 Å². The molecule has 0 spiro atoms. The molecule has 0 unspecified atom stereocenters. The van der Waals surface area contributed by atoms with Gasteiger partial charge in [0.15, 0.2) is 6.61 Å². The summed E-state index contributed by atoms with van der Waals surface area (Å²) in [6, 6.07) is 3.13. The van der Waals surface area contributed by atoms with Crippen LogP contribution in [0.25, 0.3) is 0 Å². The molecule has 10 heteroatoms. The fourth-order valence-corrected chi connectivity index (χ4v) is 3.37. The summed E-state index contributed by atoms with van der Waals surface area (Å²) in [5.74, 6) is -2.37. The summed E-state index contributed by atoms with van der Waals surface area (Å²) in [4.78, 5) is 51.0. The minimum absolute atomic E-state index is 0.101. The molecule has 2 rings (SSSR count). The number of amides is 2. The highest BCUT2D eigenvalue weighted by Crippen LogP contribution is 2.33. The van der Waals surface area contributed by atoms with E-state index in [4.69, 9.17) is 9.47 Å². The number of aromatic amines is 1. The highest BCUT2D eigenvalue weighted by atomic mass is 32.1. The zero-order chi connectivity index (χ0) is 20.0. The van der Waals surface area contributed by atoms with Crippen LogP contribution in [0.5, 0.6) is 0 Å². The van der Waals surface area contributed by atoms with Gasteiger partial charge in [0, 0.05) is 13.2 Å². The van der Waals surface area contributed by atoms with Gasteiger partial charge >= 0.3 is 11.9 Å². The Balaban J connectivity index is 2.15. The topological polar surface area (TPSA) is 127 Å². The highest BCUT2D eigenvalue weighted by Gasteiger charge is 2.26. The van der Waals surface area contributed by atoms with Crippen molar-refractivity contribution in [3.8, 4) is 0 Å². The number of H-pyrrole nitrogens is 1. The third-order valence-corrected chi connectivity index (χ3v) is 4.67. The lowest BCUT2D eigenvalue weighted by Crippen LogP contribution is -2.22. The fourth-order valence-electron chi connectivity index (χ4n) is 2.21. The van der Waals surface area contributed by atoms with E-state index in [1.165, 1.54) is 13.1 Å². The third kappa shape index (κ3) is 4.73. The maximum atomic E-state index is 12.2. The summed E-state index contributed by atoms with van der Waals surface area (Å²) in [6.45, 7) is 2.84. The van der Waals surface area contributed by atoms with Crippen molar-refractivity contribution in [1.82, 2.24) is 10.3 Å². The first kappa shape index (κ1) is 20.2. The van der Waals surface area contributed by atoms with Crippen LogP contribution in [-0.4, -0.2) is 49.0 Å². The Morgan fingerprint density at radius 2 is 1.93 bits per heavy atom. The van der Waals surface area contributed by atoms with Crippen LogP contribution in [0.15, 0.2) is 18.3 Å². The van der Waals surface area contributed by atoms with Gasteiger partial charge in [-0.05, 0) is 31.5 Å². The first-order valence-corrected chi connectivity index (χ1v) is 8.83. The predicted molar refractivity (Wildman–Crippen MR) is 98.1 cm³/mol. The molecule has 0 saturated carbocycles. The number of esters is 2. The third-order valence-electron chi connectivity index (χ3n) is 3.46. The second-order valence-electron chi connectivity index (χ2n) is 5.27. The lowest BCUT2D eigenvalue weighted by molar-refractivity contribution is -0.119. The summed E-state index contributed by atoms with van der Waals surface area (Å²) in [6.07, 6.45) is 1.55. The summed E-state index contributed by atoms with van der Waals surface area (Å²) in [5.41, 5.74) is 0.713. The number of nitrogens with one attached hydrogen (secondary N) is 3. The Bertz CT molecular complexity index is 856. The molecule has 0 aliphatic rings. The molecule has 0 aromatic carbocycles. The van der Waals surface area contributed by atoms with Gasteiger partial charge in [-0.3, -0.25) is 9.59 Å². The van der Waals surface area contributed by atoms with Gasteiger partial charge in [0.2, 0.25) is 0 Å². The van der Waals surface area contributed by atoms with E-state index in [1.807, 2.05) is 0 Å². The Labute approximate surface area is 159 Å². The van der Waals surface area contributed by atoms with E-state index in [9.17, 15) is 19.2 Å². The zero-order valence-corrected chi connectivity index (χ0v) is 15.8. The maximum Gasteiger partial charge on any atom is 0.355 e. The van der Waals surface area contributed by atoms with Gasteiger partial charge in [-0.15, -0.1) is 11.3 Å². The minimum atomic E-state index is -0.686. The Morgan fingerprint density at radius 1 is 1.19 bits per heavy atom. The van der Waals surface area contributed by atoms with E-state index in [1.54, 1.807) is 26.1 Å². The van der Waals surface area contributed by atoms with Crippen LogP contribution in [-0.2, 0) is 14.3 Å². The van der Waals surface area contributed by atoms with Crippen LogP contribution in [0, 0.1) is 6.92 Å². The van der Waals surface area contributed by atoms with E-state index in [2.05, 4.69) is 15.6 Å². The molecule has 2 amide bonds. The molecule has 2 heterocycles. The highest BCUT2D eigenvalue weighted by molar-refractivity contribution is 7.18. The summed E-state index contributed by atoms with van der Waals surface area (Å²) < 4.78 is 9.90. The van der Waals surface area contributed by atoms with E-state index in [0.717, 1.165) is 11.3 Å². The van der Waals surface area contributed by atoms with Crippen molar-refractivity contribution >= 4 is 40.1 Å². The number of carbonyl (C=O) groups is 4. The molecule has 0 aliphatic carbocycles. The second-order valence-corrected chi connectivity index (χ2v) is 6.29. The monoisotopic (exact) mass is 393 g/mol. The number of anilines is 1. The fraction of sp³-hybridized carbons (Fsp3) is 0.294. The van der Waals surface area contributed by atoms with Crippen LogP contribution < -0.4 is 10.6 Å². The number of thiophene rings is 1. The number of hydrogen-bond donors (Lipinski definition) is 3. The predicted octanol–water partition coefficient (Wildman–Crippen LogP) is 1.72. The van der Waals surface area contributed by atoms with Gasteiger partial charge in [-0.2, -0.15) is 0 Å². The molecule has 144 valence electrons. The van der Waals surface area contributed by atoms with Gasteiger partial charge in [-0.25, -0.2) is 9.59 Å². The standard InChI is InChI=1S/C17H19N3O6S/c1-4-25-17(24)12-9(2)13(14(22)18-3)27-15(12)20-11(21)8-26-16(23)10-6-5-7-19-10/h5-7,19H,4,8H2,1-3H3,(H,18,22)(H,20,21). The van der Waals surface area contributed by atoms with Crippen molar-refractivity contribution in [1.29, 1.82) is 0 Å². The number of aromatic nitrogens is 1. The van der Waals surface area contributed by atoms with E-state index in [-0.39, 0.29) is 33.6 Å². The van der Waals surface area contributed by atoms with Crippen LogP contribution in [0.4, 0.5) is 5.00 Å². The Morgan fingerprint density at radius 3 is 2.52 bits per heavy atom. The minimum Gasteiger partial charge on any atom is -0.462 e. The van der Waals surface area contributed by atoms with Crippen molar-refractivity contribution < 1.29 is 28.7 Å². The maximum absolute atomic E-state index is 12.2. The first-order valence-electron chi connectivity index (χ1n) is 8.02. The molecule has 2 aromatic heterocycles. The SMILES string of the molecule is CCOC(=O)c1c(NC(=O)COC(=O)c2ccc[nH]2)sc(C(=O)NC)c1C. The molecule has 0 bridgehead atoms. The molecule has 9 nitrogen and oxygen atoms in total. The normalized spacial score (nSPS) is 10.2. The molecule has 0 atom stereocenters. The summed E-state index contributed by atoms with van der Waals surface area (Å²) >= 11 is 0.942. The van der Waals surface area contributed by atoms with Crippen molar-refractivity contribution in [3.05, 3.63) is 40.0 Å². The lowest BCUT2D eigenvalue weighted by atomic mass is 10.1. The molecule has 0 aliphatic heterocycles. The largest absolute Gasteiger partial charge is 0.462 e. The molecule has 0 saturated heterocycles. The van der Waals surface area contributed by atoms with Crippen molar-refractivity contribution in [2.75, 3.05) is 25.6 Å². The zero-order valence-electron chi connectivity index (χ0n) is 15.0. The average molecular weight is 393 g/mol. The molecule has 0 fully saturated rings. The second kappa shape index (κ2) is 8.99. The lowest BCUT2D eigenvalue weighted by Gasteiger charge is -2.07. The van der Waals surface area contributed by atoms with E-state index in [0.29, 0.717) is 5.56 Å². The van der Waals surface area contributed by atoms with Crippen molar-refractivity contribution in [2.24, 2.45) is 0 Å². The van der Waals surface area contributed by atoms with Gasteiger partial charge in [0.25, 0.3) is 11.8 Å². The van der Waals surface area contributed by atoms with Crippen LogP contribution in [0.2, 0.25) is 0 Å². The number of ether oxygens (including phenoxy) is 2. The summed E-state index contributed by atoms with van der Waals surface area (Å²) in [7, 11) is 1.46. The summed E-state index contributed by atoms with van der Waals surface area (Å²) in [5, 5.41) is 5.14. The van der Waals surface area contributed by atoms with Gasteiger partial charge in [0.1, 0.15) is 10.7 Å². The molecule has 3 N–H and O–H groups in total.